The summed E-state index contributed by atoms with van der Waals surface area (Å²) in [6.07, 6.45) is 0. The molecule has 0 N–H and O–H groups in total. The number of benzene rings is 1. The molecule has 1 heterocycles. The van der Waals surface area contributed by atoms with E-state index in [1.165, 1.54) is 0 Å². The number of hydrogen-bond acceptors (Lipinski definition) is 2. The maximum Gasteiger partial charge on any atom is 0.232 e. The minimum absolute atomic E-state index is 0.173. The highest BCUT2D eigenvalue weighted by atomic mass is 16.5. The van der Waals surface area contributed by atoms with Crippen molar-refractivity contribution < 1.29 is 9.53 Å². The summed E-state index contributed by atoms with van der Waals surface area (Å²) >= 11 is 0. The summed E-state index contributed by atoms with van der Waals surface area (Å²) in [7, 11) is 0. The van der Waals surface area contributed by atoms with Crippen molar-refractivity contribution >= 4 is 5.91 Å². The summed E-state index contributed by atoms with van der Waals surface area (Å²) in [5, 5.41) is 0. The highest BCUT2D eigenvalue weighted by Crippen LogP contribution is 2.25. The average Bonchev–Trinajstić information content (AvgIpc) is 2.40. The smallest absolute Gasteiger partial charge is 0.232 e. The first-order valence-electron chi connectivity index (χ1n) is 5.96. The number of rotatable bonds is 2. The van der Waals surface area contributed by atoms with Gasteiger partial charge < -0.3 is 9.64 Å². The van der Waals surface area contributed by atoms with E-state index in [0.717, 1.165) is 5.56 Å². The van der Waals surface area contributed by atoms with Gasteiger partial charge in [-0.3, -0.25) is 4.79 Å². The van der Waals surface area contributed by atoms with Gasteiger partial charge in [-0.05, 0) is 25.5 Å². The second kappa shape index (κ2) is 4.88. The van der Waals surface area contributed by atoms with E-state index in [1.807, 2.05) is 43.0 Å². The Morgan fingerprint density at radius 3 is 2.47 bits per heavy atom. The summed E-state index contributed by atoms with van der Waals surface area (Å²) < 4.78 is 5.27. The maximum atomic E-state index is 12.5. The van der Waals surface area contributed by atoms with E-state index in [0.29, 0.717) is 26.3 Å². The number of nitrogens with zero attached hydrogens (tertiary/aromatic N) is 1. The van der Waals surface area contributed by atoms with Crippen LogP contribution in [-0.2, 0) is 14.9 Å². The van der Waals surface area contributed by atoms with Crippen LogP contribution in [0.25, 0.3) is 0 Å². The summed E-state index contributed by atoms with van der Waals surface area (Å²) in [6.45, 7) is 6.62. The van der Waals surface area contributed by atoms with Crippen molar-refractivity contribution in [2.24, 2.45) is 0 Å². The van der Waals surface area contributed by atoms with Gasteiger partial charge in [-0.2, -0.15) is 0 Å². The zero-order valence-corrected chi connectivity index (χ0v) is 10.4. The summed E-state index contributed by atoms with van der Waals surface area (Å²) in [5.74, 6) is 0.173. The largest absolute Gasteiger partial charge is 0.378 e. The Hall–Kier alpha value is -1.35. The van der Waals surface area contributed by atoms with E-state index in [9.17, 15) is 4.79 Å². The van der Waals surface area contributed by atoms with Crippen LogP contribution < -0.4 is 0 Å². The van der Waals surface area contributed by atoms with Crippen molar-refractivity contribution in [3.63, 3.8) is 0 Å². The molecule has 0 saturated carbocycles. The molecule has 17 heavy (non-hydrogen) atoms. The first-order chi connectivity index (χ1) is 8.12. The topological polar surface area (TPSA) is 29.5 Å². The molecule has 3 nitrogen and oxygen atoms in total. The molecule has 3 heteroatoms. The molecule has 1 radical (unpaired) electrons. The van der Waals surface area contributed by atoms with Crippen LogP contribution >= 0.6 is 0 Å². The SMILES string of the molecule is CC(C)(C(=O)N1CCOCC1)c1cc[c]cc1. The van der Waals surface area contributed by atoms with E-state index < -0.39 is 5.41 Å². The van der Waals surface area contributed by atoms with Crippen LogP contribution in [0.3, 0.4) is 0 Å². The van der Waals surface area contributed by atoms with E-state index >= 15 is 0 Å². The van der Waals surface area contributed by atoms with Gasteiger partial charge in [0.25, 0.3) is 0 Å². The van der Waals surface area contributed by atoms with E-state index in [1.54, 1.807) is 0 Å². The van der Waals surface area contributed by atoms with Gasteiger partial charge in [-0.1, -0.05) is 24.3 Å². The highest BCUT2D eigenvalue weighted by Gasteiger charge is 2.34. The van der Waals surface area contributed by atoms with Crippen molar-refractivity contribution in [3.8, 4) is 0 Å². The lowest BCUT2D eigenvalue weighted by molar-refractivity contribution is -0.140. The van der Waals surface area contributed by atoms with E-state index in [4.69, 9.17) is 4.74 Å². The fourth-order valence-corrected chi connectivity index (χ4v) is 2.09. The molecule has 1 aliphatic heterocycles. The molecule has 0 aromatic heterocycles. The van der Waals surface area contributed by atoms with Crippen LogP contribution in [0.2, 0.25) is 0 Å². The lowest BCUT2D eigenvalue weighted by Crippen LogP contribution is -2.48. The number of hydrogen-bond donors (Lipinski definition) is 0. The molecule has 1 aromatic carbocycles. The molecule has 91 valence electrons. The Morgan fingerprint density at radius 1 is 1.29 bits per heavy atom. The van der Waals surface area contributed by atoms with Crippen LogP contribution in [0, 0.1) is 6.07 Å². The van der Waals surface area contributed by atoms with Gasteiger partial charge in [0.05, 0.1) is 18.6 Å². The van der Waals surface area contributed by atoms with Crippen LogP contribution in [0.5, 0.6) is 0 Å². The second-order valence-corrected chi connectivity index (χ2v) is 4.82. The van der Waals surface area contributed by atoms with Crippen LogP contribution in [0.1, 0.15) is 19.4 Å². The number of ether oxygens (including phenoxy) is 1. The molecule has 1 aliphatic rings. The zero-order valence-electron chi connectivity index (χ0n) is 10.4. The summed E-state index contributed by atoms with van der Waals surface area (Å²) in [5.41, 5.74) is 0.555. The molecule has 1 saturated heterocycles. The van der Waals surface area contributed by atoms with Crippen molar-refractivity contribution in [1.82, 2.24) is 4.90 Å². The molecule has 1 aromatic rings. The van der Waals surface area contributed by atoms with Gasteiger partial charge >= 0.3 is 0 Å². The summed E-state index contributed by atoms with van der Waals surface area (Å²) in [4.78, 5) is 14.4. The molecular weight excluding hydrogens is 214 g/mol. The normalized spacial score (nSPS) is 16.9. The Labute approximate surface area is 102 Å². The third-order valence-corrected chi connectivity index (χ3v) is 3.27. The number of carbonyl (C=O) groups excluding carboxylic acids is 1. The third-order valence-electron chi connectivity index (χ3n) is 3.27. The fourth-order valence-electron chi connectivity index (χ4n) is 2.09. The van der Waals surface area contributed by atoms with E-state index in [2.05, 4.69) is 6.07 Å². The predicted molar refractivity (Wildman–Crippen MR) is 65.7 cm³/mol. The van der Waals surface area contributed by atoms with Gasteiger partial charge in [-0.25, -0.2) is 0 Å². The lowest BCUT2D eigenvalue weighted by atomic mass is 9.83. The molecule has 0 spiro atoms. The van der Waals surface area contributed by atoms with Crippen LogP contribution in [-0.4, -0.2) is 37.1 Å². The van der Waals surface area contributed by atoms with Crippen molar-refractivity contribution in [3.05, 3.63) is 35.9 Å². The third kappa shape index (κ3) is 2.50. The molecule has 0 bridgehead atoms. The van der Waals surface area contributed by atoms with Gasteiger partial charge in [0.2, 0.25) is 5.91 Å². The van der Waals surface area contributed by atoms with Crippen LogP contribution in [0.15, 0.2) is 24.3 Å². The average molecular weight is 232 g/mol. The second-order valence-electron chi connectivity index (χ2n) is 4.82. The van der Waals surface area contributed by atoms with Gasteiger partial charge in [0, 0.05) is 13.1 Å². The Balaban J connectivity index is 2.17. The van der Waals surface area contributed by atoms with Gasteiger partial charge in [0.1, 0.15) is 0 Å². The zero-order chi connectivity index (χ0) is 12.3. The van der Waals surface area contributed by atoms with Crippen LogP contribution in [0.4, 0.5) is 0 Å². The first kappa shape index (κ1) is 12.1. The number of morpholine rings is 1. The van der Waals surface area contributed by atoms with E-state index in [-0.39, 0.29) is 5.91 Å². The lowest BCUT2D eigenvalue weighted by Gasteiger charge is -2.34. The molecule has 0 atom stereocenters. The molecule has 0 aliphatic carbocycles. The summed E-state index contributed by atoms with van der Waals surface area (Å²) in [6, 6.07) is 10.6. The van der Waals surface area contributed by atoms with Crippen molar-refractivity contribution in [2.75, 3.05) is 26.3 Å². The monoisotopic (exact) mass is 232 g/mol. The number of amides is 1. The number of carbonyl (C=O) groups is 1. The van der Waals surface area contributed by atoms with Gasteiger partial charge in [-0.15, -0.1) is 0 Å². The van der Waals surface area contributed by atoms with Gasteiger partial charge in [0.15, 0.2) is 0 Å². The molecular formula is C14H18NO2. The Morgan fingerprint density at radius 2 is 1.88 bits per heavy atom. The first-order valence-corrected chi connectivity index (χ1v) is 5.96. The molecule has 2 rings (SSSR count). The minimum atomic E-state index is -0.480. The molecule has 0 unspecified atom stereocenters. The standard InChI is InChI=1S/C14H18NO2/c1-14(2,12-6-4-3-5-7-12)13(16)15-8-10-17-11-9-15/h4-7H,8-11H2,1-2H3. The quantitative estimate of drug-likeness (QED) is 0.775. The Kier molecular flexibility index (Phi) is 3.48. The molecule has 1 fully saturated rings. The predicted octanol–water partition coefficient (Wildman–Crippen LogP) is 1.62. The van der Waals surface area contributed by atoms with Crippen molar-refractivity contribution in [1.29, 1.82) is 0 Å². The molecule has 1 amide bonds. The van der Waals surface area contributed by atoms with Crippen molar-refractivity contribution in [2.45, 2.75) is 19.3 Å². The maximum absolute atomic E-state index is 12.5. The Bertz CT molecular complexity index is 380. The highest BCUT2D eigenvalue weighted by molar-refractivity contribution is 5.87. The minimum Gasteiger partial charge on any atom is -0.378 e. The fraction of sp³-hybridized carbons (Fsp3) is 0.500.